The standard InChI is InChI=1S/C19H22N2O3/c1-13-8-14(2)15(3)18(9-13)24-12-19(22)21-20-11-16-6-5-7-17(10-16)23-4/h5-11H,12H2,1-4H3,(H,21,22)/b20-11+. The van der Waals surface area contributed by atoms with Crippen LogP contribution in [-0.4, -0.2) is 25.8 Å². The Labute approximate surface area is 142 Å². The molecule has 2 rings (SSSR count). The fraction of sp³-hybridized carbons (Fsp3) is 0.263. The highest BCUT2D eigenvalue weighted by atomic mass is 16.5. The molecule has 0 bridgehead atoms. The van der Waals surface area contributed by atoms with Crippen molar-refractivity contribution in [2.24, 2.45) is 5.10 Å². The van der Waals surface area contributed by atoms with Crippen molar-refractivity contribution in [2.45, 2.75) is 20.8 Å². The molecule has 126 valence electrons. The Kier molecular flexibility index (Phi) is 5.95. The lowest BCUT2D eigenvalue weighted by Gasteiger charge is -2.11. The maximum absolute atomic E-state index is 11.8. The van der Waals surface area contributed by atoms with Crippen LogP contribution in [0.5, 0.6) is 11.5 Å². The molecule has 0 atom stereocenters. The predicted octanol–water partition coefficient (Wildman–Crippen LogP) is 3.15. The minimum Gasteiger partial charge on any atom is -0.497 e. The minimum absolute atomic E-state index is 0.0841. The molecule has 0 aliphatic carbocycles. The van der Waals surface area contributed by atoms with Gasteiger partial charge in [-0.3, -0.25) is 4.79 Å². The Morgan fingerprint density at radius 1 is 1.21 bits per heavy atom. The normalized spacial score (nSPS) is 10.7. The summed E-state index contributed by atoms with van der Waals surface area (Å²) >= 11 is 0. The highest BCUT2D eigenvalue weighted by Crippen LogP contribution is 2.23. The summed E-state index contributed by atoms with van der Waals surface area (Å²) in [5.41, 5.74) is 6.56. The quantitative estimate of drug-likeness (QED) is 0.655. The van der Waals surface area contributed by atoms with Crippen LogP contribution in [0.2, 0.25) is 0 Å². The third-order valence-corrected chi connectivity index (χ3v) is 3.62. The summed E-state index contributed by atoms with van der Waals surface area (Å²) in [5.74, 6) is 1.14. The molecular weight excluding hydrogens is 304 g/mol. The second-order valence-corrected chi connectivity index (χ2v) is 5.56. The van der Waals surface area contributed by atoms with Gasteiger partial charge in [0.2, 0.25) is 0 Å². The van der Waals surface area contributed by atoms with E-state index in [0.717, 1.165) is 33.8 Å². The number of hydrazone groups is 1. The van der Waals surface area contributed by atoms with Gasteiger partial charge in [0.15, 0.2) is 6.61 Å². The molecule has 2 aromatic carbocycles. The Morgan fingerprint density at radius 2 is 2.00 bits per heavy atom. The van der Waals surface area contributed by atoms with Crippen LogP contribution in [0.25, 0.3) is 0 Å². The second kappa shape index (κ2) is 8.15. The van der Waals surface area contributed by atoms with Gasteiger partial charge in [-0.25, -0.2) is 5.43 Å². The maximum Gasteiger partial charge on any atom is 0.277 e. The van der Waals surface area contributed by atoms with Gasteiger partial charge in [0.25, 0.3) is 5.91 Å². The van der Waals surface area contributed by atoms with Gasteiger partial charge in [-0.1, -0.05) is 18.2 Å². The molecule has 0 saturated carbocycles. The van der Waals surface area contributed by atoms with Crippen molar-refractivity contribution in [3.63, 3.8) is 0 Å². The van der Waals surface area contributed by atoms with Crippen molar-refractivity contribution in [1.82, 2.24) is 5.43 Å². The monoisotopic (exact) mass is 326 g/mol. The predicted molar refractivity (Wildman–Crippen MR) is 94.9 cm³/mol. The van der Waals surface area contributed by atoms with Crippen molar-refractivity contribution in [3.8, 4) is 11.5 Å². The SMILES string of the molecule is COc1cccc(/C=N/NC(=O)COc2cc(C)cc(C)c2C)c1. The number of amides is 1. The van der Waals surface area contributed by atoms with Crippen molar-refractivity contribution in [2.75, 3.05) is 13.7 Å². The molecule has 2 aromatic rings. The van der Waals surface area contributed by atoms with Gasteiger partial charge < -0.3 is 9.47 Å². The van der Waals surface area contributed by atoms with E-state index in [2.05, 4.69) is 16.6 Å². The first-order chi connectivity index (χ1) is 11.5. The number of carbonyl (C=O) groups is 1. The number of hydrogen-bond acceptors (Lipinski definition) is 4. The van der Waals surface area contributed by atoms with Crippen molar-refractivity contribution < 1.29 is 14.3 Å². The van der Waals surface area contributed by atoms with Gasteiger partial charge in [-0.15, -0.1) is 0 Å². The molecule has 0 aliphatic heterocycles. The van der Waals surface area contributed by atoms with E-state index in [1.807, 2.05) is 51.1 Å². The molecule has 24 heavy (non-hydrogen) atoms. The smallest absolute Gasteiger partial charge is 0.277 e. The Balaban J connectivity index is 1.88. The summed E-state index contributed by atoms with van der Waals surface area (Å²) in [6.45, 7) is 5.91. The van der Waals surface area contributed by atoms with E-state index in [9.17, 15) is 4.79 Å². The van der Waals surface area contributed by atoms with Gasteiger partial charge in [0.1, 0.15) is 11.5 Å². The molecular formula is C19H22N2O3. The Hall–Kier alpha value is -2.82. The fourth-order valence-corrected chi connectivity index (χ4v) is 2.23. The maximum atomic E-state index is 11.8. The topological polar surface area (TPSA) is 59.9 Å². The van der Waals surface area contributed by atoms with Gasteiger partial charge in [-0.2, -0.15) is 5.10 Å². The third kappa shape index (κ3) is 4.84. The number of rotatable bonds is 6. The highest BCUT2D eigenvalue weighted by Gasteiger charge is 2.06. The van der Waals surface area contributed by atoms with Crippen LogP contribution in [0.3, 0.4) is 0 Å². The third-order valence-electron chi connectivity index (χ3n) is 3.62. The molecule has 5 heteroatoms. The van der Waals surface area contributed by atoms with E-state index in [-0.39, 0.29) is 12.5 Å². The fourth-order valence-electron chi connectivity index (χ4n) is 2.23. The van der Waals surface area contributed by atoms with E-state index in [0.29, 0.717) is 0 Å². The molecule has 1 N–H and O–H groups in total. The first-order valence-corrected chi connectivity index (χ1v) is 7.66. The van der Waals surface area contributed by atoms with Crippen LogP contribution >= 0.6 is 0 Å². The minimum atomic E-state index is -0.312. The van der Waals surface area contributed by atoms with Crippen LogP contribution < -0.4 is 14.9 Å². The number of methoxy groups -OCH3 is 1. The first-order valence-electron chi connectivity index (χ1n) is 7.66. The van der Waals surface area contributed by atoms with E-state index in [4.69, 9.17) is 9.47 Å². The lowest BCUT2D eigenvalue weighted by Crippen LogP contribution is -2.24. The van der Waals surface area contributed by atoms with Crippen LogP contribution in [-0.2, 0) is 4.79 Å². The summed E-state index contributed by atoms with van der Waals surface area (Å²) in [5, 5.41) is 3.93. The van der Waals surface area contributed by atoms with E-state index < -0.39 is 0 Å². The zero-order valence-electron chi connectivity index (χ0n) is 14.4. The van der Waals surface area contributed by atoms with Crippen molar-refractivity contribution >= 4 is 12.1 Å². The number of nitrogens with one attached hydrogen (secondary N) is 1. The van der Waals surface area contributed by atoms with Crippen LogP contribution in [0, 0.1) is 20.8 Å². The summed E-state index contributed by atoms with van der Waals surface area (Å²) in [6, 6.07) is 11.4. The van der Waals surface area contributed by atoms with E-state index in [1.165, 1.54) is 0 Å². The zero-order chi connectivity index (χ0) is 17.5. The molecule has 0 saturated heterocycles. The number of ether oxygens (including phenoxy) is 2. The molecule has 0 fully saturated rings. The van der Waals surface area contributed by atoms with E-state index >= 15 is 0 Å². The molecule has 1 amide bonds. The molecule has 0 aliphatic rings. The number of nitrogens with zero attached hydrogens (tertiary/aromatic N) is 1. The second-order valence-electron chi connectivity index (χ2n) is 5.56. The Bertz CT molecular complexity index is 754. The molecule has 0 heterocycles. The van der Waals surface area contributed by atoms with Crippen LogP contribution in [0.1, 0.15) is 22.3 Å². The largest absolute Gasteiger partial charge is 0.497 e. The summed E-state index contributed by atoms with van der Waals surface area (Å²) in [7, 11) is 1.60. The van der Waals surface area contributed by atoms with Gasteiger partial charge in [-0.05, 0) is 61.2 Å². The number of benzene rings is 2. The highest BCUT2D eigenvalue weighted by molar-refractivity contribution is 5.83. The summed E-state index contributed by atoms with van der Waals surface area (Å²) < 4.78 is 10.7. The number of aryl methyl sites for hydroxylation is 2. The molecule has 5 nitrogen and oxygen atoms in total. The Morgan fingerprint density at radius 3 is 2.75 bits per heavy atom. The summed E-state index contributed by atoms with van der Waals surface area (Å²) in [6.07, 6.45) is 1.56. The van der Waals surface area contributed by atoms with Gasteiger partial charge in [0.05, 0.1) is 13.3 Å². The average molecular weight is 326 g/mol. The summed E-state index contributed by atoms with van der Waals surface area (Å²) in [4.78, 5) is 11.8. The lowest BCUT2D eigenvalue weighted by molar-refractivity contribution is -0.123. The molecule has 0 unspecified atom stereocenters. The zero-order valence-corrected chi connectivity index (χ0v) is 14.4. The van der Waals surface area contributed by atoms with Crippen LogP contribution in [0.4, 0.5) is 0 Å². The van der Waals surface area contributed by atoms with Gasteiger partial charge in [0, 0.05) is 0 Å². The van der Waals surface area contributed by atoms with Gasteiger partial charge >= 0.3 is 0 Å². The van der Waals surface area contributed by atoms with Crippen LogP contribution in [0.15, 0.2) is 41.5 Å². The molecule has 0 aromatic heterocycles. The number of carbonyl (C=O) groups excluding carboxylic acids is 1. The number of hydrogen-bond donors (Lipinski definition) is 1. The first kappa shape index (κ1) is 17.5. The van der Waals surface area contributed by atoms with E-state index in [1.54, 1.807) is 13.3 Å². The average Bonchev–Trinajstić information content (AvgIpc) is 2.57. The molecule has 0 spiro atoms. The van der Waals surface area contributed by atoms with Crippen molar-refractivity contribution in [3.05, 3.63) is 58.7 Å². The van der Waals surface area contributed by atoms with Crippen molar-refractivity contribution in [1.29, 1.82) is 0 Å². The molecule has 0 radical (unpaired) electrons. The lowest BCUT2D eigenvalue weighted by atomic mass is 10.1.